The largest absolute Gasteiger partial charge is 0.349 e. The van der Waals surface area contributed by atoms with Crippen molar-refractivity contribution < 1.29 is 4.79 Å². The normalized spacial score (nSPS) is 23.6. The predicted molar refractivity (Wildman–Crippen MR) is 61.6 cm³/mol. The zero-order chi connectivity index (χ0) is 10.8. The van der Waals surface area contributed by atoms with E-state index in [0.717, 1.165) is 17.3 Å². The number of amides is 1. The van der Waals surface area contributed by atoms with Crippen LogP contribution in [0.3, 0.4) is 0 Å². The third-order valence-corrected chi connectivity index (χ3v) is 3.16. The standard InChI is InChI=1S/C11H13BrN2O/c1-2-7-4-10(7)14-11(15)8-3-9(12)6-13-5-8/h3,5-7,10H,2,4H2,1H3,(H,14,15). The number of carbonyl (C=O) groups is 1. The van der Waals surface area contributed by atoms with Crippen molar-refractivity contribution in [2.45, 2.75) is 25.8 Å². The number of hydrogen-bond acceptors (Lipinski definition) is 2. The maximum Gasteiger partial charge on any atom is 0.253 e. The predicted octanol–water partition coefficient (Wildman–Crippen LogP) is 2.37. The van der Waals surface area contributed by atoms with Gasteiger partial charge in [-0.2, -0.15) is 0 Å². The van der Waals surface area contributed by atoms with Crippen LogP contribution in [0.25, 0.3) is 0 Å². The zero-order valence-electron chi connectivity index (χ0n) is 8.53. The van der Waals surface area contributed by atoms with Crippen LogP contribution in [0, 0.1) is 5.92 Å². The van der Waals surface area contributed by atoms with E-state index in [1.165, 1.54) is 0 Å². The van der Waals surface area contributed by atoms with E-state index in [9.17, 15) is 4.79 Å². The first-order valence-electron chi connectivity index (χ1n) is 5.12. The van der Waals surface area contributed by atoms with Crippen LogP contribution in [0.2, 0.25) is 0 Å². The molecule has 0 aliphatic heterocycles. The number of rotatable bonds is 3. The second-order valence-electron chi connectivity index (χ2n) is 3.88. The fourth-order valence-electron chi connectivity index (χ4n) is 1.66. The molecule has 1 amide bonds. The van der Waals surface area contributed by atoms with Crippen LogP contribution in [0.4, 0.5) is 0 Å². The van der Waals surface area contributed by atoms with Crippen molar-refractivity contribution in [2.24, 2.45) is 5.92 Å². The van der Waals surface area contributed by atoms with Gasteiger partial charge in [0.05, 0.1) is 5.56 Å². The lowest BCUT2D eigenvalue weighted by Crippen LogP contribution is -2.26. The maximum atomic E-state index is 11.7. The van der Waals surface area contributed by atoms with Crippen molar-refractivity contribution in [3.05, 3.63) is 28.5 Å². The van der Waals surface area contributed by atoms with Crippen molar-refractivity contribution >= 4 is 21.8 Å². The van der Waals surface area contributed by atoms with Crippen LogP contribution < -0.4 is 5.32 Å². The van der Waals surface area contributed by atoms with E-state index in [1.807, 2.05) is 0 Å². The molecule has 0 spiro atoms. The van der Waals surface area contributed by atoms with E-state index in [2.05, 4.69) is 33.2 Å². The quantitative estimate of drug-likeness (QED) is 0.915. The molecule has 15 heavy (non-hydrogen) atoms. The van der Waals surface area contributed by atoms with Crippen LogP contribution >= 0.6 is 15.9 Å². The van der Waals surface area contributed by atoms with Gasteiger partial charge in [0.2, 0.25) is 0 Å². The Morgan fingerprint density at radius 2 is 2.47 bits per heavy atom. The summed E-state index contributed by atoms with van der Waals surface area (Å²) in [6, 6.07) is 2.16. The highest BCUT2D eigenvalue weighted by atomic mass is 79.9. The van der Waals surface area contributed by atoms with E-state index in [1.54, 1.807) is 18.5 Å². The fourth-order valence-corrected chi connectivity index (χ4v) is 2.03. The fraction of sp³-hybridized carbons (Fsp3) is 0.455. The molecule has 0 aromatic carbocycles. The van der Waals surface area contributed by atoms with Crippen LogP contribution in [-0.2, 0) is 0 Å². The molecule has 1 heterocycles. The molecule has 0 radical (unpaired) electrons. The van der Waals surface area contributed by atoms with Gasteiger partial charge in [-0.1, -0.05) is 13.3 Å². The molecule has 1 N–H and O–H groups in total. The van der Waals surface area contributed by atoms with Crippen molar-refractivity contribution in [3.63, 3.8) is 0 Å². The van der Waals surface area contributed by atoms with E-state index < -0.39 is 0 Å². The van der Waals surface area contributed by atoms with Crippen molar-refractivity contribution in [3.8, 4) is 0 Å². The Balaban J connectivity index is 1.97. The minimum Gasteiger partial charge on any atom is -0.349 e. The van der Waals surface area contributed by atoms with Gasteiger partial charge in [0, 0.05) is 22.9 Å². The number of halogens is 1. The van der Waals surface area contributed by atoms with Crippen molar-refractivity contribution in [1.82, 2.24) is 10.3 Å². The van der Waals surface area contributed by atoms with Crippen LogP contribution in [-0.4, -0.2) is 16.9 Å². The first kappa shape index (κ1) is 10.6. The number of nitrogens with one attached hydrogen (secondary N) is 1. The summed E-state index contributed by atoms with van der Waals surface area (Å²) in [6.07, 6.45) is 5.51. The van der Waals surface area contributed by atoms with Crippen molar-refractivity contribution in [2.75, 3.05) is 0 Å². The van der Waals surface area contributed by atoms with E-state index in [4.69, 9.17) is 0 Å². The summed E-state index contributed by atoms with van der Waals surface area (Å²) in [4.78, 5) is 15.7. The molecule has 2 atom stereocenters. The third-order valence-electron chi connectivity index (χ3n) is 2.73. The summed E-state index contributed by atoms with van der Waals surface area (Å²) in [5.41, 5.74) is 0.617. The van der Waals surface area contributed by atoms with Crippen LogP contribution in [0.15, 0.2) is 22.9 Å². The number of nitrogens with zero attached hydrogens (tertiary/aromatic N) is 1. The Bertz CT molecular complexity index is 381. The molecular formula is C11H13BrN2O. The van der Waals surface area contributed by atoms with Gasteiger partial charge < -0.3 is 5.32 Å². The maximum absolute atomic E-state index is 11.7. The zero-order valence-corrected chi connectivity index (χ0v) is 10.1. The first-order chi connectivity index (χ1) is 7.20. The van der Waals surface area contributed by atoms with Crippen LogP contribution in [0.1, 0.15) is 30.1 Å². The van der Waals surface area contributed by atoms with E-state index in [0.29, 0.717) is 17.5 Å². The molecule has 4 heteroatoms. The minimum atomic E-state index is -0.0234. The molecular weight excluding hydrogens is 256 g/mol. The molecule has 80 valence electrons. The lowest BCUT2D eigenvalue weighted by Gasteiger charge is -2.03. The molecule has 1 aromatic heterocycles. The van der Waals surface area contributed by atoms with Gasteiger partial charge in [0.25, 0.3) is 5.91 Å². The van der Waals surface area contributed by atoms with E-state index in [-0.39, 0.29) is 5.91 Å². The number of aromatic nitrogens is 1. The average molecular weight is 269 g/mol. The molecule has 3 nitrogen and oxygen atoms in total. The molecule has 1 saturated carbocycles. The SMILES string of the molecule is CCC1CC1NC(=O)c1cncc(Br)c1. The lowest BCUT2D eigenvalue weighted by molar-refractivity contribution is 0.0948. The highest BCUT2D eigenvalue weighted by Crippen LogP contribution is 2.33. The molecule has 0 saturated heterocycles. The Hall–Kier alpha value is -0.900. The summed E-state index contributed by atoms with van der Waals surface area (Å²) >= 11 is 3.30. The van der Waals surface area contributed by atoms with Gasteiger partial charge in [-0.25, -0.2) is 0 Å². The van der Waals surface area contributed by atoms with Crippen LogP contribution in [0.5, 0.6) is 0 Å². The topological polar surface area (TPSA) is 42.0 Å². The molecule has 1 aliphatic rings. The Kier molecular flexibility index (Phi) is 3.05. The average Bonchev–Trinajstić information content (AvgIpc) is 2.96. The van der Waals surface area contributed by atoms with Gasteiger partial charge in [0.15, 0.2) is 0 Å². The van der Waals surface area contributed by atoms with Gasteiger partial charge in [-0.3, -0.25) is 9.78 Å². The number of carbonyl (C=O) groups excluding carboxylic acids is 1. The Labute approximate surface area is 97.4 Å². The second-order valence-corrected chi connectivity index (χ2v) is 4.79. The second kappa shape index (κ2) is 4.31. The molecule has 2 rings (SSSR count). The summed E-state index contributed by atoms with van der Waals surface area (Å²) in [5, 5.41) is 3.00. The molecule has 1 aromatic rings. The van der Waals surface area contributed by atoms with Gasteiger partial charge >= 0.3 is 0 Å². The summed E-state index contributed by atoms with van der Waals surface area (Å²) in [6.45, 7) is 2.15. The molecule has 0 bridgehead atoms. The van der Waals surface area contributed by atoms with Crippen molar-refractivity contribution in [1.29, 1.82) is 0 Å². The summed E-state index contributed by atoms with van der Waals surface area (Å²) in [5.74, 6) is 0.652. The summed E-state index contributed by atoms with van der Waals surface area (Å²) in [7, 11) is 0. The van der Waals surface area contributed by atoms with Gasteiger partial charge in [-0.15, -0.1) is 0 Å². The highest BCUT2D eigenvalue weighted by Gasteiger charge is 2.36. The highest BCUT2D eigenvalue weighted by molar-refractivity contribution is 9.10. The molecule has 1 fully saturated rings. The van der Waals surface area contributed by atoms with Gasteiger partial charge in [-0.05, 0) is 34.3 Å². The summed E-state index contributed by atoms with van der Waals surface area (Å²) < 4.78 is 0.831. The molecule has 2 unspecified atom stereocenters. The number of pyridine rings is 1. The minimum absolute atomic E-state index is 0.0234. The molecule has 1 aliphatic carbocycles. The lowest BCUT2D eigenvalue weighted by atomic mass is 10.2. The van der Waals surface area contributed by atoms with E-state index >= 15 is 0 Å². The Morgan fingerprint density at radius 1 is 1.67 bits per heavy atom. The first-order valence-corrected chi connectivity index (χ1v) is 5.91. The Morgan fingerprint density at radius 3 is 3.07 bits per heavy atom. The monoisotopic (exact) mass is 268 g/mol. The van der Waals surface area contributed by atoms with Gasteiger partial charge in [0.1, 0.15) is 0 Å². The number of hydrogen-bond donors (Lipinski definition) is 1. The third kappa shape index (κ3) is 2.56. The smallest absolute Gasteiger partial charge is 0.253 e.